The van der Waals surface area contributed by atoms with Crippen LogP contribution in [0.5, 0.6) is 0 Å². The Hall–Kier alpha value is -2.18. The van der Waals surface area contributed by atoms with Crippen LogP contribution in [-0.4, -0.2) is 57.6 Å². The molecule has 1 amide bonds. The highest BCUT2D eigenvalue weighted by Gasteiger charge is 2.28. The molecule has 0 saturated heterocycles. The summed E-state index contributed by atoms with van der Waals surface area (Å²) in [4.78, 5) is 14.3. The molecule has 0 saturated carbocycles. The molecule has 2 rings (SSSR count). The Kier molecular flexibility index (Phi) is 5.18. The van der Waals surface area contributed by atoms with Crippen molar-refractivity contribution in [2.24, 2.45) is 12.5 Å². The van der Waals surface area contributed by atoms with Crippen LogP contribution in [0.15, 0.2) is 36.5 Å². The minimum Gasteiger partial charge on any atom is -0.396 e. The monoisotopic (exact) mass is 317 g/mol. The fourth-order valence-electron chi connectivity index (χ4n) is 2.45. The molecule has 0 aliphatic rings. The molecule has 2 aromatic rings. The molecule has 0 unspecified atom stereocenters. The number of aromatic nitrogens is 2. The van der Waals surface area contributed by atoms with E-state index in [1.54, 1.807) is 31.9 Å². The summed E-state index contributed by atoms with van der Waals surface area (Å²) in [5, 5.41) is 23.2. The second kappa shape index (κ2) is 6.93. The molecular formula is C17H23N3O3. The first-order chi connectivity index (χ1) is 10.9. The molecule has 0 spiro atoms. The molecule has 1 aromatic carbocycles. The first kappa shape index (κ1) is 17.2. The Morgan fingerprint density at radius 1 is 1.26 bits per heavy atom. The third kappa shape index (κ3) is 3.78. The lowest BCUT2D eigenvalue weighted by atomic mass is 9.92. The zero-order valence-corrected chi connectivity index (χ0v) is 13.7. The number of aliphatic hydroxyl groups excluding tert-OH is 2. The summed E-state index contributed by atoms with van der Waals surface area (Å²) in [6, 6.07) is 9.52. The van der Waals surface area contributed by atoms with Gasteiger partial charge in [0.05, 0.1) is 18.8 Å². The van der Waals surface area contributed by atoms with Crippen LogP contribution < -0.4 is 0 Å². The Bertz CT molecular complexity index is 663. The van der Waals surface area contributed by atoms with Crippen molar-refractivity contribution < 1.29 is 15.0 Å². The van der Waals surface area contributed by atoms with Gasteiger partial charge in [-0.25, -0.2) is 0 Å². The highest BCUT2D eigenvalue weighted by atomic mass is 16.3. The molecule has 0 atom stereocenters. The number of aryl methyl sites for hydroxylation is 1. The summed E-state index contributed by atoms with van der Waals surface area (Å²) in [7, 11) is 3.43. The Balaban J connectivity index is 2.30. The summed E-state index contributed by atoms with van der Waals surface area (Å²) in [6.07, 6.45) is 1.69. The van der Waals surface area contributed by atoms with Crippen molar-refractivity contribution in [1.29, 1.82) is 0 Å². The van der Waals surface area contributed by atoms with E-state index in [0.29, 0.717) is 11.3 Å². The van der Waals surface area contributed by atoms with Gasteiger partial charge in [-0.05, 0) is 0 Å². The Labute approximate surface area is 136 Å². The normalized spacial score (nSPS) is 11.5. The molecule has 0 bridgehead atoms. The minimum atomic E-state index is -0.737. The lowest BCUT2D eigenvalue weighted by molar-refractivity contribution is 0.0366. The number of hydrogen-bond donors (Lipinski definition) is 2. The van der Waals surface area contributed by atoms with Crippen LogP contribution in [0.2, 0.25) is 0 Å². The van der Waals surface area contributed by atoms with Gasteiger partial charge in [-0.15, -0.1) is 0 Å². The van der Waals surface area contributed by atoms with Gasteiger partial charge in [0.15, 0.2) is 0 Å². The van der Waals surface area contributed by atoms with Crippen LogP contribution in [0.1, 0.15) is 17.3 Å². The molecule has 0 fully saturated rings. The van der Waals surface area contributed by atoms with Gasteiger partial charge >= 0.3 is 0 Å². The van der Waals surface area contributed by atoms with E-state index in [1.165, 1.54) is 4.90 Å². The lowest BCUT2D eigenvalue weighted by Crippen LogP contribution is -2.41. The molecule has 6 heteroatoms. The summed E-state index contributed by atoms with van der Waals surface area (Å²) in [5.74, 6) is -0.190. The van der Waals surface area contributed by atoms with Crippen molar-refractivity contribution >= 4 is 5.91 Å². The average molecular weight is 317 g/mol. The molecule has 23 heavy (non-hydrogen) atoms. The number of nitrogens with zero attached hydrogens (tertiary/aromatic N) is 3. The van der Waals surface area contributed by atoms with Crippen molar-refractivity contribution in [1.82, 2.24) is 14.7 Å². The van der Waals surface area contributed by atoms with Crippen LogP contribution in [0.4, 0.5) is 0 Å². The van der Waals surface area contributed by atoms with Crippen LogP contribution in [-0.2, 0) is 7.05 Å². The van der Waals surface area contributed by atoms with Crippen molar-refractivity contribution in [2.45, 2.75) is 6.92 Å². The number of aliphatic hydroxyl groups is 2. The molecule has 0 aliphatic heterocycles. The largest absolute Gasteiger partial charge is 0.396 e. The lowest BCUT2D eigenvalue weighted by Gasteiger charge is -2.30. The maximum Gasteiger partial charge on any atom is 0.257 e. The van der Waals surface area contributed by atoms with Gasteiger partial charge < -0.3 is 15.1 Å². The summed E-state index contributed by atoms with van der Waals surface area (Å²) in [6.45, 7) is 1.60. The number of carbonyl (C=O) groups excluding carboxylic acids is 1. The smallest absolute Gasteiger partial charge is 0.257 e. The molecule has 124 valence electrons. The van der Waals surface area contributed by atoms with Crippen molar-refractivity contribution in [3.63, 3.8) is 0 Å². The van der Waals surface area contributed by atoms with E-state index in [2.05, 4.69) is 5.10 Å². The van der Waals surface area contributed by atoms with E-state index in [0.717, 1.165) is 5.56 Å². The van der Waals surface area contributed by atoms with Crippen LogP contribution in [0.25, 0.3) is 11.3 Å². The highest BCUT2D eigenvalue weighted by molar-refractivity contribution is 5.99. The average Bonchev–Trinajstić information content (AvgIpc) is 2.96. The predicted molar refractivity (Wildman–Crippen MR) is 87.9 cm³/mol. The molecule has 0 radical (unpaired) electrons. The zero-order valence-electron chi connectivity index (χ0n) is 13.7. The number of amides is 1. The van der Waals surface area contributed by atoms with E-state index >= 15 is 0 Å². The fourth-order valence-corrected chi connectivity index (χ4v) is 2.45. The van der Waals surface area contributed by atoms with Crippen LogP contribution >= 0.6 is 0 Å². The highest BCUT2D eigenvalue weighted by Crippen LogP contribution is 2.24. The molecule has 0 aliphatic carbocycles. The van der Waals surface area contributed by atoms with E-state index in [1.807, 2.05) is 30.3 Å². The second-order valence-electron chi connectivity index (χ2n) is 6.22. The third-order valence-corrected chi connectivity index (χ3v) is 3.84. The van der Waals surface area contributed by atoms with Gasteiger partial charge in [-0.2, -0.15) is 5.10 Å². The molecule has 1 heterocycles. The van der Waals surface area contributed by atoms with Crippen LogP contribution in [0.3, 0.4) is 0 Å². The van der Waals surface area contributed by atoms with Crippen molar-refractivity contribution in [2.75, 3.05) is 26.8 Å². The number of benzene rings is 1. The fraction of sp³-hybridized carbons (Fsp3) is 0.412. The first-order valence-corrected chi connectivity index (χ1v) is 7.46. The SMILES string of the molecule is CN(CC(C)(CO)CO)C(=O)c1cn(C)nc1-c1ccccc1. The topological polar surface area (TPSA) is 78.6 Å². The maximum atomic E-state index is 12.8. The first-order valence-electron chi connectivity index (χ1n) is 7.46. The third-order valence-electron chi connectivity index (χ3n) is 3.84. The minimum absolute atomic E-state index is 0.190. The van der Waals surface area contributed by atoms with E-state index in [9.17, 15) is 15.0 Å². The maximum absolute atomic E-state index is 12.8. The summed E-state index contributed by atoms with van der Waals surface area (Å²) in [5.41, 5.74) is 1.26. The van der Waals surface area contributed by atoms with Gasteiger partial charge in [-0.1, -0.05) is 37.3 Å². The molecule has 6 nitrogen and oxygen atoms in total. The van der Waals surface area contributed by atoms with Gasteiger partial charge in [-0.3, -0.25) is 9.48 Å². The second-order valence-corrected chi connectivity index (χ2v) is 6.22. The Morgan fingerprint density at radius 2 is 1.87 bits per heavy atom. The standard InChI is InChI=1S/C17H23N3O3/c1-17(11-21,12-22)10-19(2)16(23)14-9-20(3)18-15(14)13-7-5-4-6-8-13/h4-9,21-22H,10-12H2,1-3H3. The predicted octanol–water partition coefficient (Wildman–Crippen LogP) is 1.15. The van der Waals surface area contributed by atoms with Gasteiger partial charge in [0, 0.05) is 37.8 Å². The van der Waals surface area contributed by atoms with Gasteiger partial charge in [0.25, 0.3) is 5.91 Å². The van der Waals surface area contributed by atoms with Gasteiger partial charge in [0.2, 0.25) is 0 Å². The Morgan fingerprint density at radius 3 is 2.43 bits per heavy atom. The zero-order chi connectivity index (χ0) is 17.0. The van der Waals surface area contributed by atoms with E-state index in [4.69, 9.17) is 0 Å². The quantitative estimate of drug-likeness (QED) is 0.838. The van der Waals surface area contributed by atoms with Crippen molar-refractivity contribution in [3.8, 4) is 11.3 Å². The van der Waals surface area contributed by atoms with Crippen molar-refractivity contribution in [3.05, 3.63) is 42.1 Å². The molecule has 2 N–H and O–H groups in total. The number of rotatable bonds is 6. The number of hydrogen-bond acceptors (Lipinski definition) is 4. The summed E-state index contributed by atoms with van der Waals surface area (Å²) >= 11 is 0. The van der Waals surface area contributed by atoms with Gasteiger partial charge in [0.1, 0.15) is 5.69 Å². The molecule has 1 aromatic heterocycles. The summed E-state index contributed by atoms with van der Waals surface area (Å²) < 4.78 is 1.61. The van der Waals surface area contributed by atoms with E-state index in [-0.39, 0.29) is 25.7 Å². The van der Waals surface area contributed by atoms with E-state index < -0.39 is 5.41 Å². The molecular weight excluding hydrogens is 294 g/mol. The van der Waals surface area contributed by atoms with Crippen LogP contribution in [0, 0.1) is 5.41 Å². The number of carbonyl (C=O) groups is 1.